The van der Waals surface area contributed by atoms with Gasteiger partial charge in [-0.2, -0.15) is 0 Å². The van der Waals surface area contributed by atoms with E-state index >= 15 is 0 Å². The monoisotopic (exact) mass is 419 g/mol. The lowest BCUT2D eigenvalue weighted by Crippen LogP contribution is -2.26. The lowest BCUT2D eigenvalue weighted by molar-refractivity contribution is 0.0952. The first-order valence-corrected chi connectivity index (χ1v) is 9.23. The highest BCUT2D eigenvalue weighted by molar-refractivity contribution is 6.42. The molecule has 2 heterocycles. The molecule has 1 amide bonds. The molecule has 2 aromatic heterocycles. The summed E-state index contributed by atoms with van der Waals surface area (Å²) in [7, 11) is 0. The van der Waals surface area contributed by atoms with Crippen molar-refractivity contribution in [2.24, 2.45) is 0 Å². The van der Waals surface area contributed by atoms with Gasteiger partial charge in [-0.25, -0.2) is 4.39 Å². The molecule has 3 aromatic rings. The normalized spacial score (nSPS) is 11.8. The largest absolute Gasteiger partial charge is 0.352 e. The van der Waals surface area contributed by atoms with Crippen LogP contribution in [0.4, 0.5) is 4.39 Å². The third-order valence-electron chi connectivity index (χ3n) is 4.23. The van der Waals surface area contributed by atoms with E-state index in [1.807, 2.05) is 0 Å². The molecule has 0 saturated heterocycles. The third-order valence-corrected chi connectivity index (χ3v) is 4.97. The van der Waals surface area contributed by atoms with Crippen LogP contribution in [-0.4, -0.2) is 22.4 Å². The first-order valence-electron chi connectivity index (χ1n) is 8.48. The molecular weight excluding hydrogens is 404 g/mol. The molecular formula is C20H16Cl2FN3O2. The van der Waals surface area contributed by atoms with Crippen molar-refractivity contribution in [2.45, 2.75) is 12.3 Å². The summed E-state index contributed by atoms with van der Waals surface area (Å²) >= 11 is 12.1. The molecule has 0 radical (unpaired) electrons. The van der Waals surface area contributed by atoms with Crippen LogP contribution in [0.3, 0.4) is 0 Å². The molecule has 0 aliphatic carbocycles. The minimum absolute atomic E-state index is 0.263. The molecule has 8 heteroatoms. The molecule has 1 aromatic carbocycles. The van der Waals surface area contributed by atoms with Gasteiger partial charge in [0.05, 0.1) is 21.3 Å². The van der Waals surface area contributed by atoms with Crippen molar-refractivity contribution in [3.05, 3.63) is 97.9 Å². The van der Waals surface area contributed by atoms with Crippen LogP contribution >= 0.6 is 23.2 Å². The van der Waals surface area contributed by atoms with E-state index in [9.17, 15) is 14.0 Å². The number of benzene rings is 1. The van der Waals surface area contributed by atoms with Crippen LogP contribution in [0.5, 0.6) is 0 Å². The van der Waals surface area contributed by atoms with Gasteiger partial charge in [0.2, 0.25) is 5.56 Å². The zero-order chi connectivity index (χ0) is 20.1. The molecule has 2 N–H and O–H groups in total. The maximum absolute atomic E-state index is 14.4. The summed E-state index contributed by atoms with van der Waals surface area (Å²) in [5.74, 6) is -1.21. The Hall–Kier alpha value is -2.70. The molecule has 0 fully saturated rings. The second kappa shape index (κ2) is 8.99. The van der Waals surface area contributed by atoms with E-state index in [1.165, 1.54) is 36.7 Å². The van der Waals surface area contributed by atoms with E-state index in [4.69, 9.17) is 23.2 Å². The number of halogens is 3. The summed E-state index contributed by atoms with van der Waals surface area (Å²) < 4.78 is 14.4. The number of nitrogens with zero attached hydrogens (tertiary/aromatic N) is 1. The summed E-state index contributed by atoms with van der Waals surface area (Å²) in [6.45, 7) is 0.263. The van der Waals surface area contributed by atoms with Gasteiger partial charge in [-0.1, -0.05) is 29.3 Å². The quantitative estimate of drug-likeness (QED) is 0.629. The van der Waals surface area contributed by atoms with Crippen LogP contribution in [0, 0.1) is 5.82 Å². The Bertz CT molecular complexity index is 1040. The molecule has 28 heavy (non-hydrogen) atoms. The molecule has 1 atom stereocenters. The number of carbonyl (C=O) groups excluding carboxylic acids is 1. The average Bonchev–Trinajstić information content (AvgIpc) is 2.69. The highest BCUT2D eigenvalue weighted by atomic mass is 35.5. The van der Waals surface area contributed by atoms with Gasteiger partial charge in [-0.15, -0.1) is 0 Å². The first-order chi connectivity index (χ1) is 13.5. The first kappa shape index (κ1) is 20.0. The van der Waals surface area contributed by atoms with Gasteiger partial charge in [0, 0.05) is 30.9 Å². The third kappa shape index (κ3) is 4.77. The number of aromatic nitrogens is 2. The lowest BCUT2D eigenvalue weighted by atomic mass is 9.91. The minimum Gasteiger partial charge on any atom is -0.352 e. The van der Waals surface area contributed by atoms with Crippen molar-refractivity contribution in [3.63, 3.8) is 0 Å². The Kier molecular flexibility index (Phi) is 6.44. The fourth-order valence-corrected chi connectivity index (χ4v) is 3.14. The van der Waals surface area contributed by atoms with Crippen molar-refractivity contribution in [1.29, 1.82) is 0 Å². The van der Waals surface area contributed by atoms with Crippen molar-refractivity contribution in [1.82, 2.24) is 15.3 Å². The number of rotatable bonds is 6. The van der Waals surface area contributed by atoms with Crippen molar-refractivity contribution < 1.29 is 9.18 Å². The Morgan fingerprint density at radius 1 is 1.18 bits per heavy atom. The number of nitrogens with one attached hydrogen (secondary N) is 2. The molecule has 0 aliphatic heterocycles. The maximum atomic E-state index is 14.4. The second-order valence-electron chi connectivity index (χ2n) is 6.08. The Morgan fingerprint density at radius 2 is 2.00 bits per heavy atom. The van der Waals surface area contributed by atoms with Gasteiger partial charge in [-0.05, 0) is 42.3 Å². The summed E-state index contributed by atoms with van der Waals surface area (Å²) in [4.78, 5) is 29.9. The molecule has 0 bridgehead atoms. The zero-order valence-corrected chi connectivity index (χ0v) is 16.1. The highest BCUT2D eigenvalue weighted by Crippen LogP contribution is 2.32. The second-order valence-corrected chi connectivity index (χ2v) is 6.90. The average molecular weight is 420 g/mol. The number of aromatic amines is 1. The predicted molar refractivity (Wildman–Crippen MR) is 107 cm³/mol. The van der Waals surface area contributed by atoms with Crippen LogP contribution in [0.2, 0.25) is 10.0 Å². The zero-order valence-electron chi connectivity index (χ0n) is 14.6. The van der Waals surface area contributed by atoms with Gasteiger partial charge < -0.3 is 10.3 Å². The van der Waals surface area contributed by atoms with Gasteiger partial charge in [0.15, 0.2) is 0 Å². The van der Waals surface area contributed by atoms with E-state index < -0.39 is 11.7 Å². The summed E-state index contributed by atoms with van der Waals surface area (Å²) in [6.07, 6.45) is 3.25. The molecule has 0 spiro atoms. The molecule has 144 valence electrons. The van der Waals surface area contributed by atoms with Crippen LogP contribution in [0.15, 0.2) is 59.7 Å². The topological polar surface area (TPSA) is 74.8 Å². The number of carbonyl (C=O) groups is 1. The standard InChI is InChI=1S/C20H16Cl2FN3O2/c21-15-5-3-12(10-16(15)22)14(19-17(23)2-1-8-24-19)7-9-25-20(28)13-4-6-18(27)26-11-13/h1-6,8,10-11,14H,7,9H2,(H,25,28)(H,26,27). The number of H-pyrrole nitrogens is 1. The van der Waals surface area contributed by atoms with Crippen LogP contribution in [0.1, 0.15) is 34.0 Å². The fourth-order valence-electron chi connectivity index (χ4n) is 2.83. The molecule has 5 nitrogen and oxygen atoms in total. The summed E-state index contributed by atoms with van der Waals surface area (Å²) in [6, 6.07) is 10.6. The van der Waals surface area contributed by atoms with Crippen molar-refractivity contribution in [3.8, 4) is 0 Å². The Morgan fingerprint density at radius 3 is 2.68 bits per heavy atom. The summed E-state index contributed by atoms with van der Waals surface area (Å²) in [5.41, 5.74) is 1.04. The Labute approximate surface area is 170 Å². The van der Waals surface area contributed by atoms with Crippen LogP contribution < -0.4 is 10.9 Å². The van der Waals surface area contributed by atoms with Crippen LogP contribution in [0.25, 0.3) is 0 Å². The summed E-state index contributed by atoms with van der Waals surface area (Å²) in [5, 5.41) is 3.52. The SMILES string of the molecule is O=C(NCCC(c1ccc(Cl)c(Cl)c1)c1ncccc1F)c1ccc(=O)[nH]c1. The van der Waals surface area contributed by atoms with Crippen LogP contribution in [-0.2, 0) is 0 Å². The van der Waals surface area contributed by atoms with Gasteiger partial charge >= 0.3 is 0 Å². The molecule has 0 aliphatic rings. The smallest absolute Gasteiger partial charge is 0.252 e. The minimum atomic E-state index is -0.439. The number of pyridine rings is 2. The maximum Gasteiger partial charge on any atom is 0.252 e. The molecule has 0 saturated carbocycles. The van der Waals surface area contributed by atoms with Gasteiger partial charge in [0.25, 0.3) is 5.91 Å². The van der Waals surface area contributed by atoms with Crippen molar-refractivity contribution >= 4 is 29.1 Å². The lowest BCUT2D eigenvalue weighted by Gasteiger charge is -2.18. The van der Waals surface area contributed by atoms with Crippen molar-refractivity contribution in [2.75, 3.05) is 6.54 Å². The van der Waals surface area contributed by atoms with E-state index in [0.29, 0.717) is 22.0 Å². The highest BCUT2D eigenvalue weighted by Gasteiger charge is 2.20. The molecule has 1 unspecified atom stereocenters. The number of amides is 1. The Balaban J connectivity index is 1.78. The van der Waals surface area contributed by atoms with Gasteiger partial charge in [0.1, 0.15) is 5.82 Å². The number of hydrogen-bond acceptors (Lipinski definition) is 3. The predicted octanol–water partition coefficient (Wildman–Crippen LogP) is 4.17. The van der Waals surface area contributed by atoms with E-state index in [0.717, 1.165) is 5.56 Å². The van der Waals surface area contributed by atoms with E-state index in [1.54, 1.807) is 18.2 Å². The van der Waals surface area contributed by atoms with E-state index in [-0.39, 0.29) is 23.7 Å². The number of hydrogen-bond donors (Lipinski definition) is 2. The fraction of sp³-hybridized carbons (Fsp3) is 0.150. The van der Waals surface area contributed by atoms with Gasteiger partial charge in [-0.3, -0.25) is 14.6 Å². The molecule has 3 rings (SSSR count). The van der Waals surface area contributed by atoms with E-state index in [2.05, 4.69) is 15.3 Å².